The Kier molecular flexibility index (Phi) is 9.45. The van der Waals surface area contributed by atoms with E-state index < -0.39 is 22.7 Å². The maximum atomic E-state index is 12.6. The molecule has 0 aliphatic carbocycles. The van der Waals surface area contributed by atoms with Crippen molar-refractivity contribution in [3.05, 3.63) is 0 Å². The highest BCUT2D eigenvalue weighted by Crippen LogP contribution is 2.47. The van der Waals surface area contributed by atoms with Crippen LogP contribution in [0, 0.1) is 0 Å². The van der Waals surface area contributed by atoms with Crippen LogP contribution in [0.5, 0.6) is 0 Å². The fraction of sp³-hybridized carbons (Fsp3) is 0.962. The van der Waals surface area contributed by atoms with Crippen molar-refractivity contribution >= 4 is 23.2 Å². The number of carbonyl (C=O) groups is 1. The number of fused-ring (bicyclic) bond motifs is 1. The van der Waals surface area contributed by atoms with Crippen molar-refractivity contribution in [2.75, 3.05) is 39.4 Å². The van der Waals surface area contributed by atoms with Crippen LogP contribution < -0.4 is 0 Å². The minimum absolute atomic E-state index is 0.0964. The molecule has 0 radical (unpaired) electrons. The fourth-order valence-corrected chi connectivity index (χ4v) is 17.2. The molecule has 0 aromatic carbocycles. The molecule has 3 heterocycles. The second-order valence-electron chi connectivity index (χ2n) is 13.0. The predicted molar refractivity (Wildman–Crippen MR) is 147 cm³/mol. The van der Waals surface area contributed by atoms with Crippen molar-refractivity contribution in [2.24, 2.45) is 0 Å². The average Bonchev–Trinajstić information content (AvgIpc) is 3.13. The molecule has 0 unspecified atom stereocenters. The van der Waals surface area contributed by atoms with Gasteiger partial charge in [-0.15, -0.1) is 0 Å². The van der Waals surface area contributed by atoms with E-state index in [0.717, 1.165) is 13.1 Å². The zero-order chi connectivity index (χ0) is 27.1. The maximum Gasteiger partial charge on any atom is 0.410 e. The summed E-state index contributed by atoms with van der Waals surface area (Å²) in [4.78, 5) is 16.8. The van der Waals surface area contributed by atoms with Crippen LogP contribution in [0.2, 0.25) is 22.2 Å². The van der Waals surface area contributed by atoms with E-state index in [1.165, 1.54) is 0 Å². The van der Waals surface area contributed by atoms with Crippen LogP contribution in [-0.4, -0.2) is 96.3 Å². The molecule has 0 bridgehead atoms. The van der Waals surface area contributed by atoms with E-state index in [1.807, 2.05) is 25.7 Å². The summed E-state index contributed by atoms with van der Waals surface area (Å²) in [5.74, 6) is 0. The molecule has 3 fully saturated rings. The van der Waals surface area contributed by atoms with Crippen LogP contribution in [0.3, 0.4) is 0 Å². The Morgan fingerprint density at radius 3 is 1.83 bits per heavy atom. The average molecular weight is 545 g/mol. The molecule has 3 aliphatic rings. The van der Waals surface area contributed by atoms with Crippen molar-refractivity contribution < 1.29 is 27.2 Å². The SMILES string of the molecule is CC(C)[Si]1(C(C)C)OC[C@H]2OC[C@H](N3CCN(C(=O)OC(C)(C)C)CC3)[C@@H]2O[Si](C(C)C)(C(C)C)O1. The molecule has 0 N–H and O–H groups in total. The lowest BCUT2D eigenvalue weighted by atomic mass is 10.1. The van der Waals surface area contributed by atoms with Gasteiger partial charge in [-0.1, -0.05) is 55.4 Å². The van der Waals surface area contributed by atoms with Crippen LogP contribution >= 0.6 is 0 Å². The molecule has 0 aromatic rings. The predicted octanol–water partition coefficient (Wildman–Crippen LogP) is 5.26. The molecule has 1 amide bonds. The fourth-order valence-electron chi connectivity index (χ4n) is 5.97. The lowest BCUT2D eigenvalue weighted by Gasteiger charge is -2.52. The normalized spacial score (nSPS) is 29.5. The Morgan fingerprint density at radius 1 is 0.833 bits per heavy atom. The van der Waals surface area contributed by atoms with Gasteiger partial charge in [0.1, 0.15) is 11.7 Å². The zero-order valence-electron chi connectivity index (χ0n) is 24.6. The van der Waals surface area contributed by atoms with Gasteiger partial charge in [-0.25, -0.2) is 4.79 Å². The highest BCUT2D eigenvalue weighted by atomic mass is 28.5. The van der Waals surface area contributed by atoms with E-state index in [4.69, 9.17) is 22.4 Å². The van der Waals surface area contributed by atoms with E-state index in [2.05, 4.69) is 60.3 Å². The topological polar surface area (TPSA) is 69.7 Å². The number of carbonyl (C=O) groups excluding carboxylic acids is 1. The summed E-state index contributed by atoms with van der Waals surface area (Å²) in [5.41, 5.74) is 0.726. The number of nitrogens with zero attached hydrogens (tertiary/aromatic N) is 2. The number of hydrogen-bond donors (Lipinski definition) is 0. The molecule has 3 saturated heterocycles. The Labute approximate surface area is 221 Å². The third-order valence-electron chi connectivity index (χ3n) is 7.99. The van der Waals surface area contributed by atoms with Gasteiger partial charge < -0.3 is 27.3 Å². The van der Waals surface area contributed by atoms with Gasteiger partial charge in [0.15, 0.2) is 0 Å². The molecule has 3 aliphatic heterocycles. The third kappa shape index (κ3) is 6.05. The third-order valence-corrected chi connectivity index (χ3v) is 18.2. The first kappa shape index (κ1) is 30.1. The summed E-state index contributed by atoms with van der Waals surface area (Å²) in [6.45, 7) is 27.7. The first-order valence-electron chi connectivity index (χ1n) is 14.0. The second kappa shape index (κ2) is 11.3. The van der Waals surface area contributed by atoms with Gasteiger partial charge in [0.25, 0.3) is 0 Å². The first-order valence-corrected chi connectivity index (χ1v) is 17.9. The van der Waals surface area contributed by atoms with E-state index >= 15 is 0 Å². The Hall–Kier alpha value is -0.496. The van der Waals surface area contributed by atoms with Gasteiger partial charge in [0.2, 0.25) is 0 Å². The van der Waals surface area contributed by atoms with Crippen LogP contribution in [0.1, 0.15) is 76.2 Å². The zero-order valence-corrected chi connectivity index (χ0v) is 26.6. The smallest absolute Gasteiger partial charge is 0.410 e. The maximum absolute atomic E-state index is 12.6. The Bertz CT molecular complexity index is 733. The van der Waals surface area contributed by atoms with Crippen molar-refractivity contribution in [3.63, 3.8) is 0 Å². The molecule has 3 rings (SSSR count). The monoisotopic (exact) mass is 544 g/mol. The molecule has 0 aromatic heterocycles. The van der Waals surface area contributed by atoms with E-state index in [0.29, 0.717) is 37.4 Å². The Balaban J connectivity index is 1.82. The Morgan fingerprint density at radius 2 is 1.36 bits per heavy atom. The minimum atomic E-state index is -2.68. The number of hydrogen-bond acceptors (Lipinski definition) is 7. The quantitative estimate of drug-likeness (QED) is 0.437. The van der Waals surface area contributed by atoms with Gasteiger partial charge in [0.05, 0.1) is 25.4 Å². The summed E-state index contributed by atoms with van der Waals surface area (Å²) in [6, 6.07) is 0.125. The molecular weight excluding hydrogens is 492 g/mol. The molecule has 8 nitrogen and oxygen atoms in total. The molecule has 10 heteroatoms. The van der Waals surface area contributed by atoms with E-state index in [1.54, 1.807) is 0 Å². The van der Waals surface area contributed by atoms with E-state index in [9.17, 15) is 4.79 Å². The first-order chi connectivity index (χ1) is 16.6. The van der Waals surface area contributed by atoms with Gasteiger partial charge in [0, 0.05) is 26.2 Å². The summed E-state index contributed by atoms with van der Waals surface area (Å²) in [5, 5.41) is 0. The van der Waals surface area contributed by atoms with Crippen LogP contribution in [0.25, 0.3) is 0 Å². The molecule has 0 saturated carbocycles. The highest BCUT2D eigenvalue weighted by molar-refractivity contribution is 6.84. The van der Waals surface area contributed by atoms with Crippen molar-refractivity contribution in [3.8, 4) is 0 Å². The summed E-state index contributed by atoms with van der Waals surface area (Å²) >= 11 is 0. The van der Waals surface area contributed by atoms with Crippen molar-refractivity contribution in [1.82, 2.24) is 9.80 Å². The second-order valence-corrected chi connectivity index (χ2v) is 21.8. The lowest BCUT2D eigenvalue weighted by Crippen LogP contribution is -2.67. The highest BCUT2D eigenvalue weighted by Gasteiger charge is 2.61. The van der Waals surface area contributed by atoms with Crippen LogP contribution in [-0.2, 0) is 22.4 Å². The van der Waals surface area contributed by atoms with Crippen molar-refractivity contribution in [1.29, 1.82) is 0 Å². The van der Waals surface area contributed by atoms with Crippen LogP contribution in [0.15, 0.2) is 0 Å². The molecule has 3 atom stereocenters. The number of amides is 1. The molecule has 36 heavy (non-hydrogen) atoms. The summed E-state index contributed by atoms with van der Waals surface area (Å²) in [6.07, 6.45) is -0.432. The van der Waals surface area contributed by atoms with Gasteiger partial charge in [-0.3, -0.25) is 4.90 Å². The number of ether oxygens (including phenoxy) is 2. The standard InChI is InChI=1S/C26H52N2O6Si2/c1-18(2)35(19(3)4)31-17-23-24(33-36(34-35,20(5)6)21(7)8)22(16-30-23)27-12-14-28(15-13-27)25(29)32-26(9,10)11/h18-24H,12-17H2,1-11H3/t22-,23+,24-/m0/s1. The van der Waals surface area contributed by atoms with E-state index in [-0.39, 0.29) is 35.4 Å². The van der Waals surface area contributed by atoms with Gasteiger partial charge in [-0.2, -0.15) is 0 Å². The largest absolute Gasteiger partial charge is 0.444 e. The number of rotatable bonds is 5. The van der Waals surface area contributed by atoms with Gasteiger partial charge in [-0.05, 0) is 42.9 Å². The minimum Gasteiger partial charge on any atom is -0.444 e. The summed E-state index contributed by atoms with van der Waals surface area (Å²) in [7, 11) is -5.24. The summed E-state index contributed by atoms with van der Waals surface area (Å²) < 4.78 is 33.5. The number of piperazine rings is 1. The lowest BCUT2D eigenvalue weighted by molar-refractivity contribution is -0.0295. The van der Waals surface area contributed by atoms with Gasteiger partial charge >= 0.3 is 23.2 Å². The van der Waals surface area contributed by atoms with Crippen LogP contribution in [0.4, 0.5) is 4.79 Å². The molecular formula is C26H52N2O6Si2. The molecule has 0 spiro atoms. The van der Waals surface area contributed by atoms with Crippen molar-refractivity contribution in [2.45, 2.75) is 122 Å². The molecule has 210 valence electrons.